The quantitative estimate of drug-likeness (QED) is 0.366. The highest BCUT2D eigenvalue weighted by molar-refractivity contribution is 5.78. The molecule has 2 aromatic rings. The van der Waals surface area contributed by atoms with Crippen LogP contribution in [0.2, 0.25) is 0 Å². The summed E-state index contributed by atoms with van der Waals surface area (Å²) in [5.41, 5.74) is 1.33. The Morgan fingerprint density at radius 1 is 0.947 bits per heavy atom. The Balaban J connectivity index is 2.33. The Kier molecular flexibility index (Phi) is 4.03. The van der Waals surface area contributed by atoms with Gasteiger partial charge in [0.25, 0.3) is 0 Å². The van der Waals surface area contributed by atoms with Gasteiger partial charge in [0.2, 0.25) is 5.69 Å². The van der Waals surface area contributed by atoms with E-state index in [0.717, 1.165) is 10.3 Å². The fourth-order valence-electron chi connectivity index (χ4n) is 1.72. The van der Waals surface area contributed by atoms with Crippen molar-refractivity contribution in [2.24, 2.45) is 0 Å². The second kappa shape index (κ2) is 5.91. The Bertz CT molecular complexity index is 579. The number of benzene rings is 2. The zero-order valence-corrected chi connectivity index (χ0v) is 10.9. The smallest absolute Gasteiger partial charge is 0.216 e. The van der Waals surface area contributed by atoms with Crippen molar-refractivity contribution < 1.29 is 14.2 Å². The molecule has 0 saturated heterocycles. The lowest BCUT2D eigenvalue weighted by Crippen LogP contribution is -1.99. The Labute approximate surface area is 112 Å². The fourth-order valence-corrected chi connectivity index (χ4v) is 1.72. The van der Waals surface area contributed by atoms with E-state index in [2.05, 4.69) is 0 Å². The van der Waals surface area contributed by atoms with Gasteiger partial charge in [0.05, 0.1) is 14.2 Å². The monoisotopic (exact) mass is 257 g/mol. The maximum Gasteiger partial charge on any atom is 0.216 e. The van der Waals surface area contributed by atoms with Gasteiger partial charge in [-0.05, 0) is 18.2 Å². The SMILES string of the molecule is COc1ccc(C=[N+]([O-])c2ccccc2)cc1OC. The molecule has 0 atom stereocenters. The van der Waals surface area contributed by atoms with Gasteiger partial charge >= 0.3 is 0 Å². The van der Waals surface area contributed by atoms with Crippen LogP contribution in [0, 0.1) is 5.21 Å². The van der Waals surface area contributed by atoms with Crippen LogP contribution in [-0.4, -0.2) is 25.2 Å². The van der Waals surface area contributed by atoms with Crippen molar-refractivity contribution >= 4 is 11.9 Å². The number of hydrogen-bond donors (Lipinski definition) is 0. The number of nitrogens with zero attached hydrogens (tertiary/aromatic N) is 1. The van der Waals surface area contributed by atoms with E-state index >= 15 is 0 Å². The number of rotatable bonds is 4. The first-order valence-corrected chi connectivity index (χ1v) is 5.83. The molecule has 19 heavy (non-hydrogen) atoms. The number of methoxy groups -OCH3 is 2. The molecule has 0 radical (unpaired) electrons. The molecule has 2 aromatic carbocycles. The predicted octanol–water partition coefficient (Wildman–Crippen LogP) is 2.96. The van der Waals surface area contributed by atoms with Gasteiger partial charge in [0.1, 0.15) is 0 Å². The third-order valence-corrected chi connectivity index (χ3v) is 2.68. The summed E-state index contributed by atoms with van der Waals surface area (Å²) in [6, 6.07) is 14.3. The number of ether oxygens (including phenoxy) is 2. The van der Waals surface area contributed by atoms with Gasteiger partial charge in [0, 0.05) is 17.7 Å². The van der Waals surface area contributed by atoms with E-state index in [1.807, 2.05) is 18.2 Å². The van der Waals surface area contributed by atoms with E-state index in [0.29, 0.717) is 17.2 Å². The van der Waals surface area contributed by atoms with Gasteiger partial charge in [-0.3, -0.25) is 0 Å². The zero-order chi connectivity index (χ0) is 13.7. The van der Waals surface area contributed by atoms with E-state index in [1.54, 1.807) is 44.6 Å². The average Bonchev–Trinajstić information content (AvgIpc) is 2.48. The third-order valence-electron chi connectivity index (χ3n) is 2.68. The lowest BCUT2D eigenvalue weighted by atomic mass is 10.2. The van der Waals surface area contributed by atoms with Crippen LogP contribution >= 0.6 is 0 Å². The van der Waals surface area contributed by atoms with Crippen LogP contribution in [0.4, 0.5) is 5.69 Å². The van der Waals surface area contributed by atoms with Crippen LogP contribution in [0.25, 0.3) is 0 Å². The molecule has 0 aliphatic rings. The van der Waals surface area contributed by atoms with Crippen LogP contribution in [0.15, 0.2) is 48.5 Å². The van der Waals surface area contributed by atoms with Crippen molar-refractivity contribution in [1.82, 2.24) is 0 Å². The normalized spacial score (nSPS) is 11.2. The van der Waals surface area contributed by atoms with Crippen molar-refractivity contribution in [2.45, 2.75) is 0 Å². The predicted molar refractivity (Wildman–Crippen MR) is 74.4 cm³/mol. The van der Waals surface area contributed by atoms with Crippen LogP contribution in [-0.2, 0) is 0 Å². The molecule has 0 unspecified atom stereocenters. The second-order valence-corrected chi connectivity index (χ2v) is 3.90. The van der Waals surface area contributed by atoms with Crippen LogP contribution < -0.4 is 9.47 Å². The van der Waals surface area contributed by atoms with Crippen molar-refractivity contribution in [3.63, 3.8) is 0 Å². The highest BCUT2D eigenvalue weighted by Gasteiger charge is 2.06. The largest absolute Gasteiger partial charge is 0.618 e. The zero-order valence-electron chi connectivity index (χ0n) is 10.9. The van der Waals surface area contributed by atoms with Crippen molar-refractivity contribution in [3.05, 3.63) is 59.3 Å². The third kappa shape index (κ3) is 3.04. The lowest BCUT2D eigenvalue weighted by Gasteiger charge is -2.08. The van der Waals surface area contributed by atoms with Gasteiger partial charge in [-0.25, -0.2) is 0 Å². The summed E-state index contributed by atoms with van der Waals surface area (Å²) in [4.78, 5) is 0. The minimum absolute atomic E-state index is 0.581. The first-order chi connectivity index (χ1) is 9.24. The molecule has 0 fully saturated rings. The summed E-state index contributed by atoms with van der Waals surface area (Å²) < 4.78 is 11.2. The van der Waals surface area contributed by atoms with E-state index in [9.17, 15) is 5.21 Å². The Morgan fingerprint density at radius 3 is 2.26 bits per heavy atom. The molecule has 4 heteroatoms. The Hall–Kier alpha value is -2.49. The van der Waals surface area contributed by atoms with Crippen molar-refractivity contribution in [1.29, 1.82) is 0 Å². The summed E-state index contributed by atoms with van der Waals surface area (Å²) in [7, 11) is 3.14. The molecule has 0 aliphatic heterocycles. The second-order valence-electron chi connectivity index (χ2n) is 3.90. The highest BCUT2D eigenvalue weighted by Crippen LogP contribution is 2.27. The van der Waals surface area contributed by atoms with E-state index in [1.165, 1.54) is 6.21 Å². The molecule has 4 nitrogen and oxygen atoms in total. The minimum atomic E-state index is 0.581. The van der Waals surface area contributed by atoms with Crippen LogP contribution in [0.1, 0.15) is 5.56 Å². The maximum atomic E-state index is 12.0. The highest BCUT2D eigenvalue weighted by atomic mass is 16.5. The summed E-state index contributed by atoms with van der Waals surface area (Å²) >= 11 is 0. The average molecular weight is 257 g/mol. The van der Waals surface area contributed by atoms with Crippen molar-refractivity contribution in [3.8, 4) is 11.5 Å². The van der Waals surface area contributed by atoms with E-state index in [-0.39, 0.29) is 0 Å². The molecule has 2 rings (SSSR count). The van der Waals surface area contributed by atoms with E-state index in [4.69, 9.17) is 9.47 Å². The number of para-hydroxylation sites is 1. The molecule has 0 aliphatic carbocycles. The Morgan fingerprint density at radius 2 is 1.63 bits per heavy atom. The van der Waals surface area contributed by atoms with Gasteiger partial charge in [-0.15, -0.1) is 0 Å². The topological polar surface area (TPSA) is 44.5 Å². The molecular formula is C15H15NO3. The van der Waals surface area contributed by atoms with Gasteiger partial charge < -0.3 is 14.7 Å². The van der Waals surface area contributed by atoms with Crippen molar-refractivity contribution in [2.75, 3.05) is 14.2 Å². The molecule has 0 heterocycles. The van der Waals surface area contributed by atoms with Crippen LogP contribution in [0.3, 0.4) is 0 Å². The molecule has 0 spiro atoms. The molecule has 0 saturated carbocycles. The summed E-state index contributed by atoms with van der Waals surface area (Å²) in [6.45, 7) is 0. The van der Waals surface area contributed by atoms with Crippen LogP contribution in [0.5, 0.6) is 11.5 Å². The molecule has 0 N–H and O–H groups in total. The summed E-state index contributed by atoms with van der Waals surface area (Å²) in [6.07, 6.45) is 1.50. The maximum absolute atomic E-state index is 12.0. The minimum Gasteiger partial charge on any atom is -0.618 e. The fraction of sp³-hybridized carbons (Fsp3) is 0.133. The van der Waals surface area contributed by atoms with E-state index < -0.39 is 0 Å². The summed E-state index contributed by atoms with van der Waals surface area (Å²) in [5, 5.41) is 12.0. The molecule has 0 bridgehead atoms. The molecule has 0 amide bonds. The lowest BCUT2D eigenvalue weighted by molar-refractivity contribution is -0.354. The first-order valence-electron chi connectivity index (χ1n) is 5.83. The summed E-state index contributed by atoms with van der Waals surface area (Å²) in [5.74, 6) is 1.23. The standard InChI is InChI=1S/C15H15NO3/c1-18-14-9-8-12(10-15(14)19-2)11-16(17)13-6-4-3-5-7-13/h3-11H,1-2H3. The van der Waals surface area contributed by atoms with Gasteiger partial charge in [0.15, 0.2) is 17.7 Å². The van der Waals surface area contributed by atoms with Gasteiger partial charge in [-0.1, -0.05) is 18.2 Å². The molecule has 98 valence electrons. The first kappa shape index (κ1) is 13.0. The van der Waals surface area contributed by atoms with Gasteiger partial charge in [-0.2, -0.15) is 4.74 Å². The molecule has 0 aromatic heterocycles. The molecular weight excluding hydrogens is 242 g/mol. The number of hydrogen-bond acceptors (Lipinski definition) is 3.